The number of anilines is 2. The van der Waals surface area contributed by atoms with Crippen LogP contribution >= 0.6 is 11.6 Å². The summed E-state index contributed by atoms with van der Waals surface area (Å²) in [7, 11) is 3.63. The SMILES string of the molecule is CNc1c(CNC=O)ccc2c1CN(C1CCC(=O)NC1=O)C2=O.CNc1ccc(C)c(Cl)c1. The van der Waals surface area contributed by atoms with Crippen molar-refractivity contribution in [3.8, 4) is 0 Å². The van der Waals surface area contributed by atoms with Crippen LogP contribution in [0.1, 0.15) is 39.9 Å². The highest BCUT2D eigenvalue weighted by Crippen LogP contribution is 2.34. The van der Waals surface area contributed by atoms with Crippen molar-refractivity contribution in [2.24, 2.45) is 0 Å². The zero-order valence-corrected chi connectivity index (χ0v) is 20.1. The summed E-state index contributed by atoms with van der Waals surface area (Å²) in [6.45, 7) is 2.63. The van der Waals surface area contributed by atoms with Crippen molar-refractivity contribution in [2.75, 3.05) is 24.7 Å². The van der Waals surface area contributed by atoms with E-state index >= 15 is 0 Å². The first-order valence-corrected chi connectivity index (χ1v) is 11.3. The molecule has 2 heterocycles. The lowest BCUT2D eigenvalue weighted by molar-refractivity contribution is -0.136. The third-order valence-corrected chi connectivity index (χ3v) is 6.30. The number of benzene rings is 2. The van der Waals surface area contributed by atoms with E-state index in [1.807, 2.05) is 32.2 Å². The van der Waals surface area contributed by atoms with Crippen LogP contribution in [0.2, 0.25) is 5.02 Å². The van der Waals surface area contributed by atoms with Gasteiger partial charge in [0.25, 0.3) is 5.91 Å². The van der Waals surface area contributed by atoms with Crippen molar-refractivity contribution in [1.82, 2.24) is 15.5 Å². The van der Waals surface area contributed by atoms with E-state index in [0.29, 0.717) is 31.5 Å². The summed E-state index contributed by atoms with van der Waals surface area (Å²) in [5.41, 5.74) is 5.15. The van der Waals surface area contributed by atoms with E-state index in [1.165, 1.54) is 4.90 Å². The number of nitrogens with zero attached hydrogens (tertiary/aromatic N) is 1. The van der Waals surface area contributed by atoms with E-state index in [-0.39, 0.29) is 18.2 Å². The van der Waals surface area contributed by atoms with Crippen LogP contribution in [0.5, 0.6) is 0 Å². The molecule has 4 amide bonds. The first kappa shape index (κ1) is 25.0. The largest absolute Gasteiger partial charge is 0.388 e. The van der Waals surface area contributed by atoms with Crippen LogP contribution in [0.25, 0.3) is 0 Å². The molecule has 0 aromatic heterocycles. The predicted molar refractivity (Wildman–Crippen MR) is 131 cm³/mol. The molecule has 1 fully saturated rings. The van der Waals surface area contributed by atoms with Crippen LogP contribution in [0.3, 0.4) is 0 Å². The maximum atomic E-state index is 12.7. The van der Waals surface area contributed by atoms with Crippen LogP contribution in [0, 0.1) is 6.92 Å². The Morgan fingerprint density at radius 1 is 1.15 bits per heavy atom. The molecule has 1 unspecified atom stereocenters. The summed E-state index contributed by atoms with van der Waals surface area (Å²) in [5, 5.41) is 11.8. The van der Waals surface area contributed by atoms with Gasteiger partial charge >= 0.3 is 0 Å². The van der Waals surface area contributed by atoms with E-state index in [1.54, 1.807) is 19.2 Å². The summed E-state index contributed by atoms with van der Waals surface area (Å²) in [6, 6.07) is 8.77. The number of rotatable bonds is 6. The number of carbonyl (C=O) groups is 4. The Labute approximate surface area is 203 Å². The Hall–Kier alpha value is -3.59. The quantitative estimate of drug-likeness (QED) is 0.368. The zero-order valence-electron chi connectivity index (χ0n) is 19.3. The minimum atomic E-state index is -0.635. The number of imide groups is 1. The summed E-state index contributed by atoms with van der Waals surface area (Å²) < 4.78 is 0. The number of aryl methyl sites for hydroxylation is 1. The van der Waals surface area contributed by atoms with Crippen molar-refractivity contribution in [1.29, 1.82) is 0 Å². The first-order valence-electron chi connectivity index (χ1n) is 10.9. The number of hydrogen-bond acceptors (Lipinski definition) is 6. The van der Waals surface area contributed by atoms with Gasteiger partial charge in [0.15, 0.2) is 0 Å². The smallest absolute Gasteiger partial charge is 0.255 e. The molecule has 4 rings (SSSR count). The topological polar surface area (TPSA) is 120 Å². The second-order valence-electron chi connectivity index (χ2n) is 7.99. The van der Waals surface area contributed by atoms with E-state index in [4.69, 9.17) is 11.6 Å². The Morgan fingerprint density at radius 2 is 1.91 bits per heavy atom. The lowest BCUT2D eigenvalue weighted by Crippen LogP contribution is -2.52. The average Bonchev–Trinajstić information content (AvgIpc) is 3.15. The molecule has 4 N–H and O–H groups in total. The highest BCUT2D eigenvalue weighted by atomic mass is 35.5. The van der Waals surface area contributed by atoms with Crippen molar-refractivity contribution < 1.29 is 19.2 Å². The minimum absolute atomic E-state index is 0.217. The van der Waals surface area contributed by atoms with Crippen LogP contribution < -0.4 is 21.3 Å². The van der Waals surface area contributed by atoms with Gasteiger partial charge in [0.2, 0.25) is 18.2 Å². The van der Waals surface area contributed by atoms with E-state index in [0.717, 1.165) is 33.1 Å². The number of nitrogens with one attached hydrogen (secondary N) is 4. The van der Waals surface area contributed by atoms with Crippen molar-refractivity contribution in [2.45, 2.75) is 38.9 Å². The molecule has 0 aliphatic carbocycles. The number of carbonyl (C=O) groups excluding carboxylic acids is 4. The van der Waals surface area contributed by atoms with Gasteiger partial charge in [0, 0.05) is 61.1 Å². The number of halogens is 1. The summed E-state index contributed by atoms with van der Waals surface area (Å²) >= 11 is 5.85. The highest BCUT2D eigenvalue weighted by Gasteiger charge is 2.40. The molecular formula is C24H28ClN5O4. The fourth-order valence-corrected chi connectivity index (χ4v) is 4.23. The molecule has 0 saturated carbocycles. The summed E-state index contributed by atoms with van der Waals surface area (Å²) in [5.74, 6) is -0.953. The molecule has 1 atom stereocenters. The molecule has 0 spiro atoms. The Morgan fingerprint density at radius 3 is 2.53 bits per heavy atom. The maximum Gasteiger partial charge on any atom is 0.255 e. The van der Waals surface area contributed by atoms with Gasteiger partial charge in [-0.3, -0.25) is 24.5 Å². The Balaban J connectivity index is 0.000000271. The molecular weight excluding hydrogens is 458 g/mol. The number of hydrogen-bond donors (Lipinski definition) is 4. The standard InChI is InChI=1S/C16H18N4O4.C8H10ClN/c1-17-14-9(6-18-8-21)2-3-10-11(14)7-20(16(10)24)12-4-5-13(22)19-15(12)23;1-6-3-4-7(10-2)5-8(6)9/h2-3,8,12,17H,4-7H2,1H3,(H,18,21)(H,19,22,23);3-5,10H,1-2H3. The van der Waals surface area contributed by atoms with Gasteiger partial charge in [-0.1, -0.05) is 23.7 Å². The summed E-state index contributed by atoms with van der Waals surface area (Å²) in [4.78, 5) is 48.1. The monoisotopic (exact) mass is 485 g/mol. The molecule has 2 aliphatic heterocycles. The third-order valence-electron chi connectivity index (χ3n) is 5.89. The van der Waals surface area contributed by atoms with Crippen LogP contribution in [0.4, 0.5) is 11.4 Å². The molecule has 1 saturated heterocycles. The van der Waals surface area contributed by atoms with Crippen molar-refractivity contribution in [3.63, 3.8) is 0 Å². The van der Waals surface area contributed by atoms with E-state index in [9.17, 15) is 19.2 Å². The van der Waals surface area contributed by atoms with Gasteiger partial charge < -0.3 is 20.9 Å². The lowest BCUT2D eigenvalue weighted by atomic mass is 10.0. The minimum Gasteiger partial charge on any atom is -0.388 e. The number of amides is 4. The number of piperidine rings is 1. The normalized spacial score (nSPS) is 16.8. The first-order chi connectivity index (χ1) is 16.3. The Kier molecular flexibility index (Phi) is 8.12. The van der Waals surface area contributed by atoms with Crippen molar-refractivity contribution in [3.05, 3.63) is 57.6 Å². The molecule has 0 bridgehead atoms. The predicted octanol–water partition coefficient (Wildman–Crippen LogP) is 2.43. The molecule has 10 heteroatoms. The molecule has 2 aromatic carbocycles. The molecule has 0 radical (unpaired) electrons. The average molecular weight is 486 g/mol. The van der Waals surface area contributed by atoms with Gasteiger partial charge in [-0.2, -0.15) is 0 Å². The van der Waals surface area contributed by atoms with Gasteiger partial charge in [0.05, 0.1) is 0 Å². The fourth-order valence-electron chi connectivity index (χ4n) is 4.05. The Bertz CT molecular complexity index is 1120. The maximum absolute atomic E-state index is 12.7. The lowest BCUT2D eigenvalue weighted by Gasteiger charge is -2.29. The number of fused-ring (bicyclic) bond motifs is 1. The van der Waals surface area contributed by atoms with Gasteiger partial charge in [0.1, 0.15) is 6.04 Å². The zero-order chi connectivity index (χ0) is 24.8. The molecule has 9 nitrogen and oxygen atoms in total. The molecule has 2 aliphatic rings. The van der Waals surface area contributed by atoms with Crippen LogP contribution in [-0.4, -0.2) is 49.2 Å². The fraction of sp³-hybridized carbons (Fsp3) is 0.333. The van der Waals surface area contributed by atoms with E-state index < -0.39 is 11.9 Å². The molecule has 34 heavy (non-hydrogen) atoms. The van der Waals surface area contributed by atoms with Crippen LogP contribution in [-0.2, 0) is 27.5 Å². The van der Waals surface area contributed by atoms with Gasteiger partial charge in [-0.15, -0.1) is 0 Å². The second-order valence-corrected chi connectivity index (χ2v) is 8.40. The molecule has 2 aromatic rings. The third kappa shape index (κ3) is 5.31. The molecule has 180 valence electrons. The van der Waals surface area contributed by atoms with Gasteiger partial charge in [-0.25, -0.2) is 0 Å². The highest BCUT2D eigenvalue weighted by molar-refractivity contribution is 6.31. The second kappa shape index (κ2) is 11.0. The van der Waals surface area contributed by atoms with E-state index in [2.05, 4.69) is 21.3 Å². The van der Waals surface area contributed by atoms with Crippen molar-refractivity contribution >= 4 is 47.1 Å². The summed E-state index contributed by atoms with van der Waals surface area (Å²) in [6.07, 6.45) is 1.18. The van der Waals surface area contributed by atoms with Crippen LogP contribution in [0.15, 0.2) is 30.3 Å². The van der Waals surface area contributed by atoms with Gasteiger partial charge in [-0.05, 0) is 42.7 Å².